The van der Waals surface area contributed by atoms with Gasteiger partial charge in [-0.3, -0.25) is 14.4 Å². The first-order chi connectivity index (χ1) is 19.9. The second kappa shape index (κ2) is 10.5. The number of rotatable bonds is 6. The predicted octanol–water partition coefficient (Wildman–Crippen LogP) is 5.41. The molecule has 2 aliphatic rings. The molecule has 0 unspecified atom stereocenters. The average molecular weight is 553 g/mol. The van der Waals surface area contributed by atoms with Gasteiger partial charge in [-0.1, -0.05) is 42.5 Å². The van der Waals surface area contributed by atoms with Crippen LogP contribution >= 0.6 is 0 Å². The lowest BCUT2D eigenvalue weighted by molar-refractivity contribution is -0.126. The number of carbonyl (C=O) groups is 3. The first-order valence-corrected chi connectivity index (χ1v) is 13.0. The summed E-state index contributed by atoms with van der Waals surface area (Å²) in [6, 6.07) is 25.6. The van der Waals surface area contributed by atoms with Crippen molar-refractivity contribution < 1.29 is 33.1 Å². The molecule has 0 spiro atoms. The van der Waals surface area contributed by atoms with Crippen LogP contribution in [0.2, 0.25) is 0 Å². The Morgan fingerprint density at radius 1 is 0.854 bits per heavy atom. The van der Waals surface area contributed by atoms with Crippen molar-refractivity contribution in [1.82, 2.24) is 0 Å². The number of esters is 1. The normalized spacial score (nSPS) is 19.8. The third kappa shape index (κ3) is 4.60. The van der Waals surface area contributed by atoms with Gasteiger partial charge in [0, 0.05) is 0 Å². The van der Waals surface area contributed by atoms with Crippen LogP contribution in [0.25, 0.3) is 0 Å². The zero-order valence-corrected chi connectivity index (χ0v) is 22.2. The zero-order chi connectivity index (χ0) is 28.7. The van der Waals surface area contributed by atoms with Crippen molar-refractivity contribution in [3.8, 4) is 11.5 Å². The van der Waals surface area contributed by atoms with Crippen LogP contribution in [0.1, 0.15) is 27.5 Å². The Bertz CT molecular complexity index is 1640. The maximum Gasteiger partial charge on any atom is 0.343 e. The van der Waals surface area contributed by atoms with Crippen molar-refractivity contribution in [3.63, 3.8) is 0 Å². The Morgan fingerprint density at radius 2 is 1.56 bits per heavy atom. The highest BCUT2D eigenvalue weighted by Gasteiger charge is 2.60. The largest absolute Gasteiger partial charge is 0.493 e. The second-order valence-corrected chi connectivity index (χ2v) is 9.76. The molecule has 2 fully saturated rings. The monoisotopic (exact) mass is 552 g/mol. The highest BCUT2D eigenvalue weighted by atomic mass is 19.1. The van der Waals surface area contributed by atoms with Gasteiger partial charge in [-0.25, -0.2) is 19.1 Å². The molecule has 0 aliphatic carbocycles. The Labute approximate surface area is 235 Å². The molecule has 0 bridgehead atoms. The van der Waals surface area contributed by atoms with E-state index in [-0.39, 0.29) is 23.0 Å². The van der Waals surface area contributed by atoms with Gasteiger partial charge in [0.2, 0.25) is 5.91 Å². The van der Waals surface area contributed by atoms with E-state index in [1.807, 2.05) is 49.4 Å². The summed E-state index contributed by atoms with van der Waals surface area (Å²) in [4.78, 5) is 47.6. The lowest BCUT2D eigenvalue weighted by atomic mass is 9.90. The number of hydrogen-bond acceptors (Lipinski definition) is 7. The van der Waals surface area contributed by atoms with Gasteiger partial charge in [-0.05, 0) is 72.6 Å². The fourth-order valence-corrected chi connectivity index (χ4v) is 5.30. The quantitative estimate of drug-likeness (QED) is 0.180. The SMILES string of the molecule is COc1cc([C@@H]2[C@H]3C(=O)N(c4ccccc4C)C(=O)[C@H]3ON2c2ccccc2)ccc1OC(=O)c1ccc(F)cc1. The van der Waals surface area contributed by atoms with Gasteiger partial charge in [0.15, 0.2) is 17.6 Å². The Morgan fingerprint density at radius 3 is 2.27 bits per heavy atom. The van der Waals surface area contributed by atoms with Crippen LogP contribution in [0.4, 0.5) is 15.8 Å². The molecule has 0 saturated carbocycles. The number of hydroxylamine groups is 1. The van der Waals surface area contributed by atoms with Gasteiger partial charge in [0.25, 0.3) is 5.91 Å². The van der Waals surface area contributed by atoms with Crippen LogP contribution in [0.5, 0.6) is 11.5 Å². The third-order valence-electron chi connectivity index (χ3n) is 7.29. The van der Waals surface area contributed by atoms with Crippen LogP contribution in [-0.4, -0.2) is 31.0 Å². The van der Waals surface area contributed by atoms with E-state index in [2.05, 4.69) is 0 Å². The lowest BCUT2D eigenvalue weighted by Gasteiger charge is -2.29. The number of ether oxygens (including phenoxy) is 2. The number of carbonyl (C=O) groups excluding carboxylic acids is 3. The minimum absolute atomic E-state index is 0.141. The van der Waals surface area contributed by atoms with Crippen molar-refractivity contribution in [2.45, 2.75) is 19.1 Å². The molecule has 2 amide bonds. The van der Waals surface area contributed by atoms with Crippen LogP contribution in [-0.2, 0) is 14.4 Å². The second-order valence-electron chi connectivity index (χ2n) is 9.76. The van der Waals surface area contributed by atoms with Crippen molar-refractivity contribution in [1.29, 1.82) is 0 Å². The standard InChI is InChI=1S/C32H25FN2O6/c1-19-8-6-7-11-24(19)34-30(36)27-28(35(41-29(27)31(34)37)23-9-4-3-5-10-23)21-14-17-25(26(18-21)39-2)40-32(38)20-12-15-22(33)16-13-20/h3-18,27-29H,1-2H3/t27-,28-,29+/m1/s1. The summed E-state index contributed by atoms with van der Waals surface area (Å²) in [5.74, 6) is -2.43. The molecule has 0 radical (unpaired) electrons. The number of fused-ring (bicyclic) bond motifs is 1. The number of nitrogens with zero attached hydrogens (tertiary/aromatic N) is 2. The molecule has 2 aliphatic heterocycles. The molecule has 2 heterocycles. The first kappa shape index (κ1) is 26.2. The molecule has 9 heteroatoms. The molecule has 6 rings (SSSR count). The summed E-state index contributed by atoms with van der Waals surface area (Å²) in [7, 11) is 1.43. The van der Waals surface area contributed by atoms with Crippen molar-refractivity contribution in [3.05, 3.63) is 120 Å². The van der Waals surface area contributed by atoms with Crippen molar-refractivity contribution >= 4 is 29.2 Å². The number of amides is 2. The summed E-state index contributed by atoms with van der Waals surface area (Å²) in [5, 5.41) is 1.58. The van der Waals surface area contributed by atoms with E-state index >= 15 is 0 Å². The van der Waals surface area contributed by atoms with Crippen LogP contribution in [0, 0.1) is 18.7 Å². The molecule has 0 N–H and O–H groups in total. The van der Waals surface area contributed by atoms with Crippen LogP contribution in [0.15, 0.2) is 97.1 Å². The van der Waals surface area contributed by atoms with E-state index in [0.29, 0.717) is 16.9 Å². The zero-order valence-electron chi connectivity index (χ0n) is 22.2. The van der Waals surface area contributed by atoms with Crippen LogP contribution < -0.4 is 19.4 Å². The van der Waals surface area contributed by atoms with Gasteiger partial charge in [-0.15, -0.1) is 0 Å². The van der Waals surface area contributed by atoms with Gasteiger partial charge in [-0.2, -0.15) is 0 Å². The number of benzene rings is 4. The highest BCUT2D eigenvalue weighted by Crippen LogP contribution is 2.49. The Hall–Kier alpha value is -5.02. The molecule has 41 heavy (non-hydrogen) atoms. The Kier molecular flexibility index (Phi) is 6.72. The van der Waals surface area contributed by atoms with E-state index in [1.165, 1.54) is 36.3 Å². The number of anilines is 2. The molecule has 8 nitrogen and oxygen atoms in total. The topological polar surface area (TPSA) is 85.4 Å². The van der Waals surface area contributed by atoms with Crippen molar-refractivity contribution in [2.24, 2.45) is 5.92 Å². The van der Waals surface area contributed by atoms with E-state index in [0.717, 1.165) is 5.56 Å². The Balaban J connectivity index is 1.38. The fourth-order valence-electron chi connectivity index (χ4n) is 5.30. The van der Waals surface area contributed by atoms with Gasteiger partial charge < -0.3 is 9.47 Å². The smallest absolute Gasteiger partial charge is 0.343 e. The number of halogens is 1. The predicted molar refractivity (Wildman–Crippen MR) is 148 cm³/mol. The van der Waals surface area contributed by atoms with Crippen molar-refractivity contribution in [2.75, 3.05) is 17.1 Å². The molecule has 4 aromatic carbocycles. The number of aryl methyl sites for hydroxylation is 1. The molecule has 4 aromatic rings. The van der Waals surface area contributed by atoms with E-state index in [9.17, 15) is 18.8 Å². The van der Waals surface area contributed by atoms with E-state index < -0.39 is 35.8 Å². The minimum atomic E-state index is -1.03. The van der Waals surface area contributed by atoms with Gasteiger partial charge >= 0.3 is 5.97 Å². The summed E-state index contributed by atoms with van der Waals surface area (Å²) >= 11 is 0. The minimum Gasteiger partial charge on any atom is -0.493 e. The number of hydrogen-bond donors (Lipinski definition) is 0. The fraction of sp³-hybridized carbons (Fsp3) is 0.156. The summed E-state index contributed by atoms with van der Waals surface area (Å²) < 4.78 is 24.4. The molecular formula is C32H25FN2O6. The molecule has 3 atom stereocenters. The van der Waals surface area contributed by atoms with E-state index in [1.54, 1.807) is 35.4 Å². The first-order valence-electron chi connectivity index (χ1n) is 13.0. The average Bonchev–Trinajstić information content (AvgIpc) is 3.50. The maximum absolute atomic E-state index is 13.9. The number of para-hydroxylation sites is 2. The summed E-state index contributed by atoms with van der Waals surface area (Å²) in [6.07, 6.45) is -1.03. The van der Waals surface area contributed by atoms with E-state index in [4.69, 9.17) is 14.3 Å². The summed E-state index contributed by atoms with van der Waals surface area (Å²) in [6.45, 7) is 1.84. The summed E-state index contributed by atoms with van der Waals surface area (Å²) in [5.41, 5.74) is 2.77. The molecule has 0 aromatic heterocycles. The molecule has 206 valence electrons. The number of methoxy groups -OCH3 is 1. The number of imide groups is 1. The molecule has 2 saturated heterocycles. The lowest BCUT2D eigenvalue weighted by Crippen LogP contribution is -2.37. The highest BCUT2D eigenvalue weighted by molar-refractivity contribution is 6.24. The maximum atomic E-state index is 13.9. The van der Waals surface area contributed by atoms with Crippen LogP contribution in [0.3, 0.4) is 0 Å². The van der Waals surface area contributed by atoms with Gasteiger partial charge in [0.05, 0.1) is 30.1 Å². The molecular weight excluding hydrogens is 527 g/mol. The van der Waals surface area contributed by atoms with Gasteiger partial charge in [0.1, 0.15) is 11.7 Å². The third-order valence-corrected chi connectivity index (χ3v) is 7.29.